The summed E-state index contributed by atoms with van der Waals surface area (Å²) < 4.78 is 0. The number of anilines is 1. The first-order chi connectivity index (χ1) is 13.9. The predicted molar refractivity (Wildman–Crippen MR) is 112 cm³/mol. The molecule has 1 saturated carbocycles. The molecule has 1 N–H and O–H groups in total. The Bertz CT molecular complexity index is 744. The zero-order valence-corrected chi connectivity index (χ0v) is 17.5. The smallest absolute Gasteiger partial charge is 0.254 e. The van der Waals surface area contributed by atoms with Gasteiger partial charge >= 0.3 is 0 Å². The standard InChI is InChI=1S/C22H31N3O4/c1-16(9-12-21(28)23-15-27)24(2)22(29)20-11-10-19(13-17(20)14-26)25(3)18-7-5-4-6-8-18/h10-11,13-16,18H,4-9,12H2,1-3H3,(H,23,27,28). The van der Waals surface area contributed by atoms with Crippen molar-refractivity contribution in [1.29, 1.82) is 0 Å². The molecule has 1 fully saturated rings. The van der Waals surface area contributed by atoms with E-state index in [0.29, 0.717) is 30.0 Å². The Labute approximate surface area is 172 Å². The van der Waals surface area contributed by atoms with Gasteiger partial charge in [0.25, 0.3) is 5.91 Å². The minimum Gasteiger partial charge on any atom is -0.372 e. The molecule has 3 amide bonds. The monoisotopic (exact) mass is 401 g/mol. The Kier molecular flexibility index (Phi) is 8.36. The van der Waals surface area contributed by atoms with Gasteiger partial charge in [-0.25, -0.2) is 0 Å². The first-order valence-electron chi connectivity index (χ1n) is 10.2. The Morgan fingerprint density at radius 3 is 2.48 bits per heavy atom. The van der Waals surface area contributed by atoms with E-state index in [0.717, 1.165) is 24.8 Å². The van der Waals surface area contributed by atoms with Gasteiger partial charge in [0.15, 0.2) is 6.29 Å². The Balaban J connectivity index is 2.10. The Morgan fingerprint density at radius 2 is 1.86 bits per heavy atom. The fraction of sp³-hybridized carbons (Fsp3) is 0.545. The van der Waals surface area contributed by atoms with Gasteiger partial charge in [-0.05, 0) is 44.4 Å². The normalized spacial score (nSPS) is 15.3. The number of hydrogen-bond donors (Lipinski definition) is 1. The average Bonchev–Trinajstić information content (AvgIpc) is 2.76. The van der Waals surface area contributed by atoms with Gasteiger partial charge in [0.2, 0.25) is 12.3 Å². The fourth-order valence-corrected chi connectivity index (χ4v) is 3.80. The van der Waals surface area contributed by atoms with Crippen LogP contribution in [0.5, 0.6) is 0 Å². The van der Waals surface area contributed by atoms with E-state index in [2.05, 4.69) is 10.2 Å². The molecule has 1 aromatic rings. The number of rotatable bonds is 9. The molecule has 0 heterocycles. The minimum absolute atomic E-state index is 0.142. The zero-order valence-electron chi connectivity index (χ0n) is 17.5. The highest BCUT2D eigenvalue weighted by Crippen LogP contribution is 2.27. The van der Waals surface area contributed by atoms with Crippen LogP contribution in [0, 0.1) is 0 Å². The molecule has 0 bridgehead atoms. The maximum Gasteiger partial charge on any atom is 0.254 e. The summed E-state index contributed by atoms with van der Waals surface area (Å²) >= 11 is 0. The molecular formula is C22H31N3O4. The largest absolute Gasteiger partial charge is 0.372 e. The van der Waals surface area contributed by atoms with Crippen LogP contribution >= 0.6 is 0 Å². The number of nitrogens with zero attached hydrogens (tertiary/aromatic N) is 2. The summed E-state index contributed by atoms with van der Waals surface area (Å²) in [4.78, 5) is 50.1. The lowest BCUT2D eigenvalue weighted by atomic mass is 9.94. The van der Waals surface area contributed by atoms with E-state index in [1.54, 1.807) is 19.2 Å². The van der Waals surface area contributed by atoms with Crippen LogP contribution in [0.4, 0.5) is 5.69 Å². The number of nitrogens with one attached hydrogen (secondary N) is 1. The number of amides is 3. The molecule has 1 aromatic carbocycles. The van der Waals surface area contributed by atoms with Crippen molar-refractivity contribution < 1.29 is 19.2 Å². The molecule has 0 aromatic heterocycles. The van der Waals surface area contributed by atoms with Crippen molar-refractivity contribution in [2.45, 2.75) is 64.0 Å². The van der Waals surface area contributed by atoms with E-state index >= 15 is 0 Å². The highest BCUT2D eigenvalue weighted by atomic mass is 16.2. The molecule has 0 aliphatic heterocycles. The number of carbonyl (C=O) groups excluding carboxylic acids is 4. The molecular weight excluding hydrogens is 370 g/mol. The average molecular weight is 402 g/mol. The first kappa shape index (κ1) is 22.6. The summed E-state index contributed by atoms with van der Waals surface area (Å²) in [6.07, 6.45) is 7.64. The number of aldehydes is 1. The highest BCUT2D eigenvalue weighted by molar-refractivity contribution is 6.02. The van der Waals surface area contributed by atoms with Crippen LogP contribution < -0.4 is 10.2 Å². The number of benzene rings is 1. The SMILES string of the molecule is CC(CCC(=O)NC=O)N(C)C(=O)c1ccc(N(C)C2CCCCC2)cc1C=O. The van der Waals surface area contributed by atoms with E-state index in [4.69, 9.17) is 0 Å². The van der Waals surface area contributed by atoms with Gasteiger partial charge in [-0.15, -0.1) is 0 Å². The molecule has 1 aliphatic carbocycles. The van der Waals surface area contributed by atoms with Crippen molar-refractivity contribution in [2.24, 2.45) is 0 Å². The lowest BCUT2D eigenvalue weighted by Gasteiger charge is -2.33. The van der Waals surface area contributed by atoms with Gasteiger partial charge in [0, 0.05) is 43.9 Å². The second-order valence-corrected chi connectivity index (χ2v) is 7.78. The van der Waals surface area contributed by atoms with Gasteiger partial charge < -0.3 is 9.80 Å². The summed E-state index contributed by atoms with van der Waals surface area (Å²) in [5.41, 5.74) is 1.66. The summed E-state index contributed by atoms with van der Waals surface area (Å²) in [5.74, 6) is -0.640. The van der Waals surface area contributed by atoms with E-state index in [1.807, 2.05) is 20.0 Å². The molecule has 0 spiro atoms. The molecule has 0 radical (unpaired) electrons. The molecule has 1 aliphatic rings. The van der Waals surface area contributed by atoms with E-state index in [1.165, 1.54) is 24.2 Å². The van der Waals surface area contributed by atoms with Crippen molar-refractivity contribution in [3.8, 4) is 0 Å². The van der Waals surface area contributed by atoms with E-state index < -0.39 is 0 Å². The Morgan fingerprint density at radius 1 is 1.17 bits per heavy atom. The summed E-state index contributed by atoms with van der Waals surface area (Å²) in [7, 11) is 3.70. The minimum atomic E-state index is -0.378. The summed E-state index contributed by atoms with van der Waals surface area (Å²) in [6, 6.07) is 5.63. The van der Waals surface area contributed by atoms with Gasteiger partial charge in [-0.3, -0.25) is 24.5 Å². The third-order valence-electron chi connectivity index (χ3n) is 5.91. The molecule has 7 nitrogen and oxygen atoms in total. The second-order valence-electron chi connectivity index (χ2n) is 7.78. The van der Waals surface area contributed by atoms with Crippen LogP contribution in [0.15, 0.2) is 18.2 Å². The highest BCUT2D eigenvalue weighted by Gasteiger charge is 2.23. The quantitative estimate of drug-likeness (QED) is 0.643. The van der Waals surface area contributed by atoms with Gasteiger partial charge in [0.1, 0.15) is 0 Å². The number of hydrogen-bond acceptors (Lipinski definition) is 5. The second kappa shape index (κ2) is 10.7. The van der Waals surface area contributed by atoms with Crippen LogP contribution in [0.1, 0.15) is 72.6 Å². The van der Waals surface area contributed by atoms with Crippen molar-refractivity contribution in [2.75, 3.05) is 19.0 Å². The van der Waals surface area contributed by atoms with Gasteiger partial charge in [0.05, 0.1) is 5.56 Å². The topological polar surface area (TPSA) is 86.8 Å². The maximum atomic E-state index is 12.9. The predicted octanol–water partition coefficient (Wildman–Crippen LogP) is 2.78. The molecule has 0 saturated heterocycles. The van der Waals surface area contributed by atoms with Crippen LogP contribution in [-0.2, 0) is 9.59 Å². The third kappa shape index (κ3) is 5.89. The molecule has 1 atom stereocenters. The van der Waals surface area contributed by atoms with Crippen LogP contribution in [-0.4, -0.2) is 55.6 Å². The molecule has 2 rings (SSSR count). The summed E-state index contributed by atoms with van der Waals surface area (Å²) in [6.45, 7) is 1.83. The van der Waals surface area contributed by atoms with Crippen molar-refractivity contribution in [3.63, 3.8) is 0 Å². The molecule has 1 unspecified atom stereocenters. The van der Waals surface area contributed by atoms with Crippen molar-refractivity contribution >= 4 is 30.2 Å². The lowest BCUT2D eigenvalue weighted by molar-refractivity contribution is -0.125. The zero-order chi connectivity index (χ0) is 21.4. The van der Waals surface area contributed by atoms with Crippen LogP contribution in [0.3, 0.4) is 0 Å². The fourth-order valence-electron chi connectivity index (χ4n) is 3.80. The maximum absolute atomic E-state index is 12.9. The third-order valence-corrected chi connectivity index (χ3v) is 5.91. The van der Waals surface area contributed by atoms with E-state index in [-0.39, 0.29) is 24.3 Å². The van der Waals surface area contributed by atoms with Crippen LogP contribution in [0.25, 0.3) is 0 Å². The molecule has 29 heavy (non-hydrogen) atoms. The van der Waals surface area contributed by atoms with Gasteiger partial charge in [-0.1, -0.05) is 19.3 Å². The molecule has 7 heteroatoms. The van der Waals surface area contributed by atoms with Crippen molar-refractivity contribution in [3.05, 3.63) is 29.3 Å². The van der Waals surface area contributed by atoms with Gasteiger partial charge in [-0.2, -0.15) is 0 Å². The lowest BCUT2D eigenvalue weighted by Crippen LogP contribution is -2.37. The van der Waals surface area contributed by atoms with Crippen LogP contribution in [0.2, 0.25) is 0 Å². The van der Waals surface area contributed by atoms with Crippen molar-refractivity contribution in [1.82, 2.24) is 10.2 Å². The number of imide groups is 1. The Hall–Kier alpha value is -2.70. The first-order valence-corrected chi connectivity index (χ1v) is 10.2. The summed E-state index contributed by atoms with van der Waals surface area (Å²) in [5, 5.41) is 2.09. The number of carbonyl (C=O) groups is 4. The van der Waals surface area contributed by atoms with E-state index in [9.17, 15) is 19.2 Å². The molecule has 158 valence electrons.